The molecule has 1 heterocycles. The fourth-order valence-corrected chi connectivity index (χ4v) is 1.95. The van der Waals surface area contributed by atoms with Gasteiger partial charge in [0.05, 0.1) is 14.2 Å². The zero-order valence-corrected chi connectivity index (χ0v) is 11.9. The van der Waals surface area contributed by atoms with Crippen LogP contribution in [0.25, 0.3) is 11.3 Å². The standard InChI is InChI=1S/C13H14N4O5/c1-21-8-3-7(4-9(5-8)22-2)12-11(13(19)20)15-16-17(12)6-10(14)18/h3-5H,6H2,1-2H3,(H2,14,18)(H,19,20). The average molecular weight is 306 g/mol. The van der Waals surface area contributed by atoms with Gasteiger partial charge in [0, 0.05) is 11.6 Å². The third-order valence-electron chi connectivity index (χ3n) is 2.87. The van der Waals surface area contributed by atoms with E-state index in [1.54, 1.807) is 18.2 Å². The van der Waals surface area contributed by atoms with Crippen LogP contribution in [0.3, 0.4) is 0 Å². The minimum absolute atomic E-state index is 0.142. The highest BCUT2D eigenvalue weighted by Gasteiger charge is 2.22. The molecule has 0 saturated carbocycles. The molecule has 0 radical (unpaired) electrons. The number of nitrogens with two attached hydrogens (primary N) is 1. The number of amides is 1. The minimum atomic E-state index is -1.27. The van der Waals surface area contributed by atoms with E-state index >= 15 is 0 Å². The summed E-state index contributed by atoms with van der Waals surface area (Å²) in [6.07, 6.45) is 0. The molecule has 0 aliphatic carbocycles. The van der Waals surface area contributed by atoms with Crippen molar-refractivity contribution < 1.29 is 24.2 Å². The molecule has 0 atom stereocenters. The van der Waals surface area contributed by atoms with Crippen molar-refractivity contribution in [3.05, 3.63) is 23.9 Å². The average Bonchev–Trinajstić information content (AvgIpc) is 2.89. The van der Waals surface area contributed by atoms with Gasteiger partial charge in [-0.25, -0.2) is 9.48 Å². The highest BCUT2D eigenvalue weighted by Crippen LogP contribution is 2.31. The molecule has 1 aromatic carbocycles. The van der Waals surface area contributed by atoms with Gasteiger partial charge in [0.1, 0.15) is 23.7 Å². The zero-order chi connectivity index (χ0) is 16.3. The Hall–Kier alpha value is -3.10. The highest BCUT2D eigenvalue weighted by atomic mass is 16.5. The van der Waals surface area contributed by atoms with Gasteiger partial charge in [-0.1, -0.05) is 5.21 Å². The van der Waals surface area contributed by atoms with Crippen LogP contribution in [0.1, 0.15) is 10.5 Å². The van der Waals surface area contributed by atoms with Crippen molar-refractivity contribution in [2.24, 2.45) is 5.73 Å². The van der Waals surface area contributed by atoms with E-state index in [2.05, 4.69) is 10.3 Å². The number of ether oxygens (including phenoxy) is 2. The van der Waals surface area contributed by atoms with Crippen LogP contribution in [0.4, 0.5) is 0 Å². The summed E-state index contributed by atoms with van der Waals surface area (Å²) in [6.45, 7) is -0.296. The topological polar surface area (TPSA) is 130 Å². The fraction of sp³-hybridized carbons (Fsp3) is 0.231. The van der Waals surface area contributed by atoms with Gasteiger partial charge in [0.2, 0.25) is 5.91 Å². The Balaban J connectivity index is 2.66. The first-order valence-electron chi connectivity index (χ1n) is 6.14. The molecule has 2 aromatic rings. The van der Waals surface area contributed by atoms with E-state index in [0.717, 1.165) is 4.68 Å². The van der Waals surface area contributed by atoms with Crippen molar-refractivity contribution in [1.82, 2.24) is 15.0 Å². The van der Waals surface area contributed by atoms with E-state index < -0.39 is 11.9 Å². The molecule has 1 amide bonds. The smallest absolute Gasteiger partial charge is 0.358 e. The molecular weight excluding hydrogens is 292 g/mol. The lowest BCUT2D eigenvalue weighted by atomic mass is 10.1. The number of benzene rings is 1. The predicted octanol–water partition coefficient (Wildman–Crippen LogP) is 0.146. The quantitative estimate of drug-likeness (QED) is 0.776. The lowest BCUT2D eigenvalue weighted by Gasteiger charge is -2.10. The monoisotopic (exact) mass is 306 g/mol. The fourth-order valence-electron chi connectivity index (χ4n) is 1.95. The number of carbonyl (C=O) groups is 2. The molecule has 0 saturated heterocycles. The number of carboxylic acids is 1. The summed E-state index contributed by atoms with van der Waals surface area (Å²) in [5, 5.41) is 16.5. The van der Waals surface area contributed by atoms with Crippen molar-refractivity contribution in [3.8, 4) is 22.8 Å². The second-order valence-corrected chi connectivity index (χ2v) is 4.32. The Morgan fingerprint density at radius 1 is 1.23 bits per heavy atom. The third kappa shape index (κ3) is 2.97. The molecule has 2 rings (SSSR count). The summed E-state index contributed by atoms with van der Waals surface area (Å²) >= 11 is 0. The van der Waals surface area contributed by atoms with Crippen LogP contribution >= 0.6 is 0 Å². The van der Waals surface area contributed by atoms with Crippen molar-refractivity contribution in [3.63, 3.8) is 0 Å². The number of methoxy groups -OCH3 is 2. The SMILES string of the molecule is COc1cc(OC)cc(-c2c(C(=O)O)nnn2CC(N)=O)c1. The van der Waals surface area contributed by atoms with Gasteiger partial charge in [-0.05, 0) is 12.1 Å². The number of primary amides is 1. The summed E-state index contributed by atoms with van der Waals surface area (Å²) in [7, 11) is 2.94. The van der Waals surface area contributed by atoms with Gasteiger partial charge >= 0.3 is 5.97 Å². The van der Waals surface area contributed by atoms with E-state index in [1.165, 1.54) is 14.2 Å². The minimum Gasteiger partial charge on any atom is -0.497 e. The molecule has 0 aliphatic rings. The van der Waals surface area contributed by atoms with Gasteiger partial charge in [-0.2, -0.15) is 0 Å². The Bertz CT molecular complexity index is 703. The molecule has 9 heteroatoms. The molecule has 116 valence electrons. The maximum absolute atomic E-state index is 11.3. The lowest BCUT2D eigenvalue weighted by Crippen LogP contribution is -2.20. The van der Waals surface area contributed by atoms with E-state index in [-0.39, 0.29) is 17.9 Å². The number of aromatic carboxylic acids is 1. The van der Waals surface area contributed by atoms with Crippen molar-refractivity contribution in [2.45, 2.75) is 6.54 Å². The first kappa shape index (κ1) is 15.3. The van der Waals surface area contributed by atoms with Gasteiger partial charge in [0.25, 0.3) is 0 Å². The predicted molar refractivity (Wildman–Crippen MR) is 74.7 cm³/mol. The number of carboxylic acid groups (broad SMARTS) is 1. The summed E-state index contributed by atoms with van der Waals surface area (Å²) in [5.74, 6) is -1.03. The van der Waals surface area contributed by atoms with Gasteiger partial charge in [-0.15, -0.1) is 5.10 Å². The lowest BCUT2D eigenvalue weighted by molar-refractivity contribution is -0.118. The Labute approximate surface area is 125 Å². The van der Waals surface area contributed by atoms with Crippen LogP contribution in [0, 0.1) is 0 Å². The summed E-state index contributed by atoms with van der Waals surface area (Å²) in [4.78, 5) is 22.4. The molecule has 1 aromatic heterocycles. The van der Waals surface area contributed by atoms with Gasteiger partial charge in [-0.3, -0.25) is 4.79 Å². The van der Waals surface area contributed by atoms with Crippen LogP contribution in [-0.2, 0) is 11.3 Å². The van der Waals surface area contributed by atoms with E-state index in [4.69, 9.17) is 15.2 Å². The first-order valence-corrected chi connectivity index (χ1v) is 6.14. The molecule has 0 aliphatic heterocycles. The molecule has 3 N–H and O–H groups in total. The third-order valence-corrected chi connectivity index (χ3v) is 2.87. The molecule has 0 fully saturated rings. The van der Waals surface area contributed by atoms with E-state index in [9.17, 15) is 14.7 Å². The van der Waals surface area contributed by atoms with Gasteiger partial charge < -0.3 is 20.3 Å². The number of carbonyl (C=O) groups excluding carboxylic acids is 1. The van der Waals surface area contributed by atoms with Crippen LogP contribution in [0.2, 0.25) is 0 Å². The normalized spacial score (nSPS) is 10.3. The zero-order valence-electron chi connectivity index (χ0n) is 11.9. The highest BCUT2D eigenvalue weighted by molar-refractivity contribution is 5.93. The first-order chi connectivity index (χ1) is 10.5. The summed E-state index contributed by atoms with van der Waals surface area (Å²) in [6, 6.07) is 4.81. The molecule has 0 spiro atoms. The van der Waals surface area contributed by atoms with Crippen LogP contribution in [-0.4, -0.2) is 46.2 Å². The molecular formula is C13H14N4O5. The van der Waals surface area contributed by atoms with Crippen molar-refractivity contribution in [1.29, 1.82) is 0 Å². The van der Waals surface area contributed by atoms with Crippen LogP contribution in [0.15, 0.2) is 18.2 Å². The number of hydrogen-bond acceptors (Lipinski definition) is 6. The molecule has 0 bridgehead atoms. The Kier molecular flexibility index (Phi) is 4.25. The summed E-state index contributed by atoms with van der Waals surface area (Å²) in [5.41, 5.74) is 5.42. The largest absolute Gasteiger partial charge is 0.497 e. The summed E-state index contributed by atoms with van der Waals surface area (Å²) < 4.78 is 11.4. The van der Waals surface area contributed by atoms with Gasteiger partial charge in [0.15, 0.2) is 5.69 Å². The van der Waals surface area contributed by atoms with Crippen LogP contribution in [0.5, 0.6) is 11.5 Å². The second kappa shape index (κ2) is 6.12. The number of nitrogens with zero attached hydrogens (tertiary/aromatic N) is 3. The van der Waals surface area contributed by atoms with E-state index in [0.29, 0.717) is 17.1 Å². The number of rotatable bonds is 6. The number of aromatic nitrogens is 3. The van der Waals surface area contributed by atoms with Crippen molar-refractivity contribution >= 4 is 11.9 Å². The molecule has 0 unspecified atom stereocenters. The molecule has 22 heavy (non-hydrogen) atoms. The second-order valence-electron chi connectivity index (χ2n) is 4.32. The van der Waals surface area contributed by atoms with Crippen LogP contribution < -0.4 is 15.2 Å². The molecule has 9 nitrogen and oxygen atoms in total. The maximum Gasteiger partial charge on any atom is 0.358 e. The Morgan fingerprint density at radius 3 is 2.27 bits per heavy atom. The maximum atomic E-state index is 11.3. The van der Waals surface area contributed by atoms with E-state index in [1.807, 2.05) is 0 Å². The Morgan fingerprint density at radius 2 is 1.82 bits per heavy atom. The number of hydrogen-bond donors (Lipinski definition) is 2. The van der Waals surface area contributed by atoms with Crippen molar-refractivity contribution in [2.75, 3.05) is 14.2 Å².